The van der Waals surface area contributed by atoms with Gasteiger partial charge in [0.25, 0.3) is 8.32 Å². The Kier molecular flexibility index (Phi) is 9.23. The van der Waals surface area contributed by atoms with E-state index in [9.17, 15) is 0 Å². The predicted molar refractivity (Wildman–Crippen MR) is 182 cm³/mol. The van der Waals surface area contributed by atoms with Crippen molar-refractivity contribution in [1.29, 1.82) is 0 Å². The average molecular weight is 617 g/mol. The molecule has 1 fully saturated rings. The second-order valence-corrected chi connectivity index (χ2v) is 24.8. The first-order valence-electron chi connectivity index (χ1n) is 15.2. The zero-order valence-electron chi connectivity index (χ0n) is 25.6. The van der Waals surface area contributed by atoms with Crippen molar-refractivity contribution < 1.29 is 13.2 Å². The fourth-order valence-electron chi connectivity index (χ4n) is 5.92. The van der Waals surface area contributed by atoms with E-state index in [4.69, 9.17) is 4.43 Å². The second-order valence-electron chi connectivity index (χ2n) is 13.3. The number of halogens is 2. The van der Waals surface area contributed by atoms with Crippen LogP contribution < -0.4 is 25.5 Å². The number of benzene rings is 4. The van der Waals surface area contributed by atoms with E-state index in [2.05, 4.69) is 106 Å². The summed E-state index contributed by atoms with van der Waals surface area (Å²) in [6, 6.07) is 36.8. The molecule has 5 rings (SSSR count). The van der Waals surface area contributed by atoms with Crippen molar-refractivity contribution in [2.24, 2.45) is 0 Å². The van der Waals surface area contributed by atoms with Crippen molar-refractivity contribution in [2.45, 2.75) is 76.3 Å². The molecule has 0 atom stereocenters. The third-order valence-electron chi connectivity index (χ3n) is 9.35. The third kappa shape index (κ3) is 6.64. The highest BCUT2D eigenvalue weighted by atomic mass is 31.1. The molecule has 42 heavy (non-hydrogen) atoms. The molecule has 0 aliphatic carbocycles. The van der Waals surface area contributed by atoms with Crippen LogP contribution in [0.4, 0.5) is 8.78 Å². The van der Waals surface area contributed by atoms with Crippen molar-refractivity contribution in [2.75, 3.05) is 0 Å². The molecule has 0 saturated carbocycles. The first kappa shape index (κ1) is 30.8. The maximum atomic E-state index is 15.6. The molecule has 0 radical (unpaired) electrons. The van der Waals surface area contributed by atoms with Gasteiger partial charge in [-0.1, -0.05) is 148 Å². The van der Waals surface area contributed by atoms with Crippen molar-refractivity contribution in [3.05, 3.63) is 114 Å². The SMILES string of the molecule is CC(C)(C)[Si](C)(C)Oc1c(F)cc([Si]2(Cc3ccc(P(c4ccccc4)c4ccccc4)cc3)CCCCC2)cc1F. The minimum absolute atomic E-state index is 0.141. The lowest BCUT2D eigenvalue weighted by molar-refractivity contribution is 0.424. The van der Waals surface area contributed by atoms with Crippen LogP contribution in [0.2, 0.25) is 30.2 Å². The van der Waals surface area contributed by atoms with Crippen LogP contribution in [0.15, 0.2) is 97.1 Å². The van der Waals surface area contributed by atoms with Crippen LogP contribution in [0.5, 0.6) is 5.75 Å². The summed E-state index contributed by atoms with van der Waals surface area (Å²) in [6.45, 7) is 10.3. The second kappa shape index (κ2) is 12.6. The fraction of sp³-hybridized carbons (Fsp3) is 0.333. The molecular weight excluding hydrogens is 574 g/mol. The van der Waals surface area contributed by atoms with Crippen LogP contribution in [0, 0.1) is 11.6 Å². The maximum Gasteiger partial charge on any atom is 0.250 e. The third-order valence-corrected chi connectivity index (χ3v) is 21.3. The van der Waals surface area contributed by atoms with Gasteiger partial charge < -0.3 is 4.43 Å². The van der Waals surface area contributed by atoms with E-state index in [0.717, 1.165) is 36.2 Å². The summed E-state index contributed by atoms with van der Waals surface area (Å²) in [4.78, 5) is 0. The van der Waals surface area contributed by atoms with Crippen LogP contribution in [0.1, 0.15) is 45.6 Å². The van der Waals surface area contributed by atoms with Gasteiger partial charge in [-0.25, -0.2) is 8.78 Å². The molecule has 6 heteroatoms. The molecule has 1 saturated heterocycles. The summed E-state index contributed by atoms with van der Waals surface area (Å²) in [5.41, 5.74) is 1.27. The molecule has 4 aromatic rings. The normalized spacial score (nSPS) is 15.5. The van der Waals surface area contributed by atoms with Gasteiger partial charge in [0.15, 0.2) is 17.4 Å². The van der Waals surface area contributed by atoms with E-state index in [0.29, 0.717) is 0 Å². The summed E-state index contributed by atoms with van der Waals surface area (Å²) in [5.74, 6) is -1.28. The minimum atomic E-state index is -2.38. The molecule has 4 aromatic carbocycles. The average Bonchev–Trinajstić information content (AvgIpc) is 2.97. The molecule has 0 amide bonds. The smallest absolute Gasteiger partial charge is 0.250 e. The lowest BCUT2D eigenvalue weighted by atomic mass is 10.2. The van der Waals surface area contributed by atoms with E-state index >= 15 is 8.78 Å². The van der Waals surface area contributed by atoms with Crippen molar-refractivity contribution >= 4 is 45.4 Å². The lowest BCUT2D eigenvalue weighted by Crippen LogP contribution is -2.52. The minimum Gasteiger partial charge on any atom is -0.540 e. The van der Waals surface area contributed by atoms with Crippen LogP contribution in [0.25, 0.3) is 0 Å². The summed E-state index contributed by atoms with van der Waals surface area (Å²) in [7, 11) is -5.21. The number of hydrogen-bond donors (Lipinski definition) is 0. The van der Waals surface area contributed by atoms with Crippen LogP contribution in [-0.4, -0.2) is 16.4 Å². The molecular formula is C36H43F2OPSi2. The van der Waals surface area contributed by atoms with E-state index < -0.39 is 35.9 Å². The summed E-state index contributed by atoms with van der Waals surface area (Å²) in [5, 5.41) is 4.73. The molecule has 1 heterocycles. The highest BCUT2D eigenvalue weighted by Crippen LogP contribution is 2.40. The van der Waals surface area contributed by atoms with Gasteiger partial charge in [-0.05, 0) is 60.1 Å². The Hall–Kier alpha value is -2.60. The van der Waals surface area contributed by atoms with Gasteiger partial charge in [-0.3, -0.25) is 0 Å². The van der Waals surface area contributed by atoms with Gasteiger partial charge >= 0.3 is 0 Å². The first-order valence-corrected chi connectivity index (χ1v) is 22.0. The number of rotatable bonds is 8. The Morgan fingerprint density at radius 1 is 0.714 bits per heavy atom. The lowest BCUT2D eigenvalue weighted by Gasteiger charge is -2.38. The maximum absolute atomic E-state index is 15.6. The van der Waals surface area contributed by atoms with Crippen LogP contribution in [0.3, 0.4) is 0 Å². The Morgan fingerprint density at radius 3 is 1.67 bits per heavy atom. The van der Waals surface area contributed by atoms with Gasteiger partial charge in [0.1, 0.15) is 0 Å². The highest BCUT2D eigenvalue weighted by molar-refractivity contribution is 7.79. The first-order chi connectivity index (χ1) is 20.0. The Bertz CT molecular complexity index is 1420. The summed E-state index contributed by atoms with van der Waals surface area (Å²) >= 11 is 0. The molecule has 0 aromatic heterocycles. The van der Waals surface area contributed by atoms with Gasteiger partial charge in [-0.2, -0.15) is 0 Å². The largest absolute Gasteiger partial charge is 0.540 e. The van der Waals surface area contributed by atoms with Gasteiger partial charge in [0, 0.05) is 0 Å². The molecule has 0 N–H and O–H groups in total. The van der Waals surface area contributed by atoms with Crippen molar-refractivity contribution in [1.82, 2.24) is 0 Å². The highest BCUT2D eigenvalue weighted by Gasteiger charge is 2.42. The molecule has 0 spiro atoms. The van der Waals surface area contributed by atoms with Gasteiger partial charge in [0.2, 0.25) is 0 Å². The standard InChI is InChI=1S/C36H43F2OPSi2/c1-36(2,3)41(4,5)39-35-33(37)25-32(26-34(35)38)42(23-13-8-14-24-42)27-28-19-21-31(22-20-28)40(29-15-9-6-10-16-29)30-17-11-7-12-18-30/h6-7,9-12,15-22,25-26H,8,13-14,23-24,27H2,1-5H3. The van der Waals surface area contributed by atoms with Crippen LogP contribution >= 0.6 is 7.92 Å². The zero-order valence-corrected chi connectivity index (χ0v) is 28.5. The topological polar surface area (TPSA) is 9.23 Å². The number of hydrogen-bond acceptors (Lipinski definition) is 1. The zero-order chi connectivity index (χ0) is 30.0. The molecule has 1 nitrogen and oxygen atoms in total. The van der Waals surface area contributed by atoms with Crippen molar-refractivity contribution in [3.8, 4) is 5.75 Å². The van der Waals surface area contributed by atoms with Crippen molar-refractivity contribution in [3.63, 3.8) is 0 Å². The Labute approximate surface area is 254 Å². The molecule has 0 unspecified atom stereocenters. The van der Waals surface area contributed by atoms with E-state index in [1.165, 1.54) is 27.9 Å². The molecule has 220 valence electrons. The Balaban J connectivity index is 1.46. The van der Waals surface area contributed by atoms with Gasteiger partial charge in [-0.15, -0.1) is 0 Å². The summed E-state index contributed by atoms with van der Waals surface area (Å²) < 4.78 is 37.4. The molecule has 1 aliphatic rings. The summed E-state index contributed by atoms with van der Waals surface area (Å²) in [6.07, 6.45) is 3.45. The Morgan fingerprint density at radius 2 is 1.19 bits per heavy atom. The van der Waals surface area contributed by atoms with Gasteiger partial charge in [0.05, 0.1) is 8.07 Å². The van der Waals surface area contributed by atoms with E-state index in [1.807, 2.05) is 13.1 Å². The van der Waals surface area contributed by atoms with E-state index in [1.54, 1.807) is 12.1 Å². The van der Waals surface area contributed by atoms with Crippen LogP contribution in [-0.2, 0) is 6.04 Å². The molecule has 0 bridgehead atoms. The quantitative estimate of drug-likeness (QED) is 0.142. The molecule has 1 aliphatic heterocycles. The fourth-order valence-corrected chi connectivity index (χ4v) is 14.3. The predicted octanol–water partition coefficient (Wildman–Crippen LogP) is 8.73. The monoisotopic (exact) mass is 616 g/mol. The van der Waals surface area contributed by atoms with E-state index in [-0.39, 0.29) is 10.8 Å².